The normalized spacial score (nSPS) is 10.6. The predicted molar refractivity (Wildman–Crippen MR) is 74.6 cm³/mol. The van der Waals surface area contributed by atoms with E-state index >= 15 is 0 Å². The van der Waals surface area contributed by atoms with Gasteiger partial charge in [0.05, 0.1) is 10.6 Å². The highest BCUT2D eigenvalue weighted by Crippen LogP contribution is 2.30. The number of aromatic nitrogens is 2. The number of nitrogens with zero attached hydrogens (tertiary/aromatic N) is 2. The highest BCUT2D eigenvalue weighted by molar-refractivity contribution is 7.98. The topological polar surface area (TPSA) is 37.8 Å². The molecule has 0 saturated heterocycles. The Balaban J connectivity index is 2.11. The first-order valence-corrected chi connectivity index (χ1v) is 7.84. The molecule has 0 aromatic carbocycles. The summed E-state index contributed by atoms with van der Waals surface area (Å²) in [5.41, 5.74) is 1.03. The smallest absolute Gasteiger partial charge is 0.182 e. The summed E-state index contributed by atoms with van der Waals surface area (Å²) in [6, 6.07) is 0. The molecule has 2 aromatic rings. The van der Waals surface area contributed by atoms with Crippen molar-refractivity contribution in [3.63, 3.8) is 0 Å². The van der Waals surface area contributed by atoms with E-state index in [2.05, 4.69) is 27.6 Å². The Hall–Kier alpha value is -0.590. The molecule has 0 aliphatic rings. The number of anilines is 1. The summed E-state index contributed by atoms with van der Waals surface area (Å²) in [6.45, 7) is 2.17. The molecule has 0 radical (unpaired) electrons. The highest BCUT2D eigenvalue weighted by atomic mass is 32.2. The van der Waals surface area contributed by atoms with E-state index in [1.165, 1.54) is 5.01 Å². The average molecular weight is 271 g/mol. The van der Waals surface area contributed by atoms with Crippen LogP contribution in [0.3, 0.4) is 0 Å². The van der Waals surface area contributed by atoms with Gasteiger partial charge in [0, 0.05) is 24.4 Å². The quantitative estimate of drug-likeness (QED) is 0.902. The van der Waals surface area contributed by atoms with Crippen LogP contribution in [0.15, 0.2) is 11.6 Å². The largest absolute Gasteiger partial charge is 0.365 e. The molecule has 0 unspecified atom stereocenters. The molecule has 2 rings (SSSR count). The molecule has 0 amide bonds. The van der Waals surface area contributed by atoms with E-state index in [0.29, 0.717) is 0 Å². The van der Waals surface area contributed by atoms with E-state index in [4.69, 9.17) is 0 Å². The van der Waals surface area contributed by atoms with Gasteiger partial charge in [-0.15, -0.1) is 22.7 Å². The molecule has 0 saturated carbocycles. The monoisotopic (exact) mass is 271 g/mol. The number of thiazole rings is 2. The van der Waals surface area contributed by atoms with Crippen LogP contribution in [0.4, 0.5) is 5.13 Å². The summed E-state index contributed by atoms with van der Waals surface area (Å²) in [4.78, 5) is 10.0. The Morgan fingerprint density at radius 3 is 3.06 bits per heavy atom. The fraction of sp³-hybridized carbons (Fsp3) is 0.400. The molecule has 0 fully saturated rings. The van der Waals surface area contributed by atoms with E-state index in [9.17, 15) is 0 Å². The van der Waals surface area contributed by atoms with Gasteiger partial charge in [0.2, 0.25) is 0 Å². The first kappa shape index (κ1) is 11.9. The van der Waals surface area contributed by atoms with Crippen LogP contribution in [-0.2, 0) is 5.75 Å². The Morgan fingerprint density at radius 2 is 2.38 bits per heavy atom. The van der Waals surface area contributed by atoms with E-state index in [-0.39, 0.29) is 0 Å². The molecule has 6 heteroatoms. The first-order chi connectivity index (χ1) is 7.83. The van der Waals surface area contributed by atoms with Crippen molar-refractivity contribution in [2.45, 2.75) is 12.7 Å². The van der Waals surface area contributed by atoms with Gasteiger partial charge in [-0.2, -0.15) is 11.8 Å². The maximum Gasteiger partial charge on any atom is 0.182 e. The minimum absolute atomic E-state index is 0.952. The molecule has 2 aromatic heterocycles. The van der Waals surface area contributed by atoms with Gasteiger partial charge >= 0.3 is 0 Å². The summed E-state index contributed by atoms with van der Waals surface area (Å²) in [5, 5.41) is 7.24. The summed E-state index contributed by atoms with van der Waals surface area (Å²) in [7, 11) is 1.89. The summed E-state index contributed by atoms with van der Waals surface area (Å²) < 4.78 is 0. The highest BCUT2D eigenvalue weighted by Gasteiger charge is 2.07. The SMILES string of the molecule is CCSCc1ncc(-c2csc(NC)n2)s1. The van der Waals surface area contributed by atoms with Crippen LogP contribution < -0.4 is 5.32 Å². The zero-order valence-electron chi connectivity index (χ0n) is 9.19. The van der Waals surface area contributed by atoms with Gasteiger partial charge in [-0.3, -0.25) is 0 Å². The van der Waals surface area contributed by atoms with E-state index < -0.39 is 0 Å². The van der Waals surface area contributed by atoms with Crippen molar-refractivity contribution in [2.24, 2.45) is 0 Å². The van der Waals surface area contributed by atoms with E-state index in [0.717, 1.165) is 27.2 Å². The third-order valence-corrected chi connectivity index (χ3v) is 4.90. The minimum atomic E-state index is 0.952. The van der Waals surface area contributed by atoms with E-state index in [1.807, 2.05) is 25.0 Å². The van der Waals surface area contributed by atoms with Crippen molar-refractivity contribution in [1.82, 2.24) is 9.97 Å². The van der Waals surface area contributed by atoms with Crippen LogP contribution in [0.5, 0.6) is 0 Å². The van der Waals surface area contributed by atoms with Crippen LogP contribution in [0.1, 0.15) is 11.9 Å². The van der Waals surface area contributed by atoms with Crippen LogP contribution in [-0.4, -0.2) is 22.8 Å². The summed E-state index contributed by atoms with van der Waals surface area (Å²) in [6.07, 6.45) is 1.92. The lowest BCUT2D eigenvalue weighted by Crippen LogP contribution is -1.84. The standard InChI is InChI=1S/C10H13N3S3/c1-3-14-6-9-12-4-8(16-9)7-5-15-10(11-2)13-7/h4-5H,3,6H2,1-2H3,(H,11,13). The number of rotatable bonds is 5. The molecular formula is C10H13N3S3. The van der Waals surface area contributed by atoms with Gasteiger partial charge in [0.15, 0.2) is 5.13 Å². The van der Waals surface area contributed by atoms with E-state index in [1.54, 1.807) is 22.7 Å². The molecule has 0 aliphatic heterocycles. The molecule has 2 heterocycles. The molecule has 1 N–H and O–H groups in total. The van der Waals surface area contributed by atoms with Crippen LogP contribution in [0, 0.1) is 0 Å². The van der Waals surface area contributed by atoms with Gasteiger partial charge in [-0.1, -0.05) is 6.92 Å². The van der Waals surface area contributed by atoms with Crippen molar-refractivity contribution in [1.29, 1.82) is 0 Å². The zero-order valence-corrected chi connectivity index (χ0v) is 11.6. The molecule has 0 aliphatic carbocycles. The van der Waals surface area contributed by atoms with Crippen LogP contribution >= 0.6 is 34.4 Å². The molecular weight excluding hydrogens is 258 g/mol. The third-order valence-electron chi connectivity index (χ3n) is 1.95. The maximum absolute atomic E-state index is 4.46. The van der Waals surface area contributed by atoms with Crippen LogP contribution in [0.2, 0.25) is 0 Å². The Bertz CT molecular complexity index is 450. The molecule has 0 spiro atoms. The summed E-state index contributed by atoms with van der Waals surface area (Å²) >= 11 is 5.25. The van der Waals surface area contributed by atoms with Gasteiger partial charge in [-0.25, -0.2) is 9.97 Å². The lowest BCUT2D eigenvalue weighted by molar-refractivity contribution is 1.26. The average Bonchev–Trinajstić information content (AvgIpc) is 2.94. The Labute approximate surface area is 107 Å². The predicted octanol–water partition coefficient (Wildman–Crippen LogP) is 3.56. The van der Waals surface area contributed by atoms with Gasteiger partial charge < -0.3 is 5.32 Å². The van der Waals surface area contributed by atoms with Crippen molar-refractivity contribution < 1.29 is 0 Å². The minimum Gasteiger partial charge on any atom is -0.365 e. The molecule has 86 valence electrons. The first-order valence-electron chi connectivity index (χ1n) is 4.99. The van der Waals surface area contributed by atoms with Gasteiger partial charge in [-0.05, 0) is 5.75 Å². The van der Waals surface area contributed by atoms with Crippen molar-refractivity contribution >= 4 is 39.6 Å². The molecule has 0 atom stereocenters. The molecule has 3 nitrogen and oxygen atoms in total. The van der Waals surface area contributed by atoms with Gasteiger partial charge in [0.1, 0.15) is 5.01 Å². The lowest BCUT2D eigenvalue weighted by atomic mass is 10.4. The Morgan fingerprint density at radius 1 is 1.50 bits per heavy atom. The van der Waals surface area contributed by atoms with Crippen molar-refractivity contribution in [3.8, 4) is 10.6 Å². The zero-order chi connectivity index (χ0) is 11.4. The second-order valence-corrected chi connectivity index (χ2v) is 6.29. The molecule has 0 bridgehead atoms. The fourth-order valence-corrected chi connectivity index (χ4v) is 3.55. The molecule has 16 heavy (non-hydrogen) atoms. The second-order valence-electron chi connectivity index (χ2n) is 3.04. The Kier molecular flexibility index (Phi) is 4.20. The van der Waals surface area contributed by atoms with Gasteiger partial charge in [0.25, 0.3) is 0 Å². The summed E-state index contributed by atoms with van der Waals surface area (Å²) in [5.74, 6) is 2.14. The number of hydrogen-bond donors (Lipinski definition) is 1. The van der Waals surface area contributed by atoms with Crippen molar-refractivity contribution in [2.75, 3.05) is 18.1 Å². The third kappa shape index (κ3) is 2.75. The lowest BCUT2D eigenvalue weighted by Gasteiger charge is -1.91. The number of thioether (sulfide) groups is 1. The van der Waals surface area contributed by atoms with Crippen LogP contribution in [0.25, 0.3) is 10.6 Å². The van der Waals surface area contributed by atoms with Crippen molar-refractivity contribution in [3.05, 3.63) is 16.6 Å². The number of nitrogens with one attached hydrogen (secondary N) is 1. The second kappa shape index (κ2) is 5.65. The maximum atomic E-state index is 4.46. The number of hydrogen-bond acceptors (Lipinski definition) is 6. The fourth-order valence-electron chi connectivity index (χ4n) is 1.19.